The summed E-state index contributed by atoms with van der Waals surface area (Å²) in [6.07, 6.45) is 1.57. The predicted molar refractivity (Wildman–Crippen MR) is 315 cm³/mol. The van der Waals surface area contributed by atoms with E-state index in [1.807, 2.05) is 0 Å². The van der Waals surface area contributed by atoms with Gasteiger partial charge in [-0.15, -0.1) is 0 Å². The Hall–Kier alpha value is -2.55. The maximum Gasteiger partial charge on any atom is 0.246 e. The minimum atomic E-state index is -0.737. The molecule has 0 unspecified atom stereocenters. The predicted octanol–water partition coefficient (Wildman–Crippen LogP) is -0.838. The number of ether oxygens (including phenoxy) is 24. The Kier molecular flexibility index (Phi) is 73.7. The maximum atomic E-state index is 12.5. The van der Waals surface area contributed by atoms with E-state index in [0.717, 1.165) is 0 Å². The smallest absolute Gasteiger partial charge is 0.246 e. The summed E-state index contributed by atoms with van der Waals surface area (Å²) in [6, 6.07) is -0.737. The quantitative estimate of drug-likeness (QED) is 0.0626. The van der Waals surface area contributed by atoms with E-state index in [9.17, 15) is 14.4 Å². The molecule has 0 saturated carbocycles. The first kappa shape index (κ1) is 84.5. The van der Waals surface area contributed by atoms with Gasteiger partial charge in [0.15, 0.2) is 0 Å². The molecule has 0 aliphatic carbocycles. The molecule has 0 radical (unpaired) electrons. The van der Waals surface area contributed by atoms with E-state index < -0.39 is 11.9 Å². The number of carbonyl (C=O) groups excluding carboxylic acids is 3. The molecule has 30 heteroatoms. The standard InChI is InChI=1S/C57H113N3O27/c1-58-57(63)54(60-56(62)53-87-51-49-85-47-45-83-43-41-81-39-37-79-35-33-77-31-29-75-27-25-73-23-21-71-19-17-69-15-13-67-11-9-65-3)6-4-5-7-59-55(61)52-86-50-48-84-46-44-82-42-40-80-38-36-78-34-32-76-30-28-74-26-24-72-22-20-70-18-16-68-14-12-66-10-8-64-2/h54H,4-53H2,1-3H3,(H,58,63)(H,59,61)(H,60,62)/t54-/m0/s1. The first-order chi connectivity index (χ1) is 43.0. The molecule has 3 amide bonds. The van der Waals surface area contributed by atoms with Crippen LogP contribution in [0.1, 0.15) is 19.3 Å². The van der Waals surface area contributed by atoms with Crippen molar-refractivity contribution in [1.29, 1.82) is 0 Å². The summed E-state index contributed by atoms with van der Waals surface area (Å²) in [5, 5.41) is 8.06. The lowest BCUT2D eigenvalue weighted by molar-refractivity contribution is -0.131. The molecule has 0 aromatic carbocycles. The number of hydrogen-bond acceptors (Lipinski definition) is 27. The lowest BCUT2D eigenvalue weighted by Gasteiger charge is -2.17. The fourth-order valence-corrected chi connectivity index (χ4v) is 6.44. The average Bonchev–Trinajstić information content (AvgIpc) is 3.58. The zero-order valence-electron chi connectivity index (χ0n) is 53.0. The molecule has 0 bridgehead atoms. The van der Waals surface area contributed by atoms with Crippen LogP contribution in [0.15, 0.2) is 0 Å². The summed E-state index contributed by atoms with van der Waals surface area (Å²) in [6.45, 7) is 20.2. The summed E-state index contributed by atoms with van der Waals surface area (Å²) < 4.78 is 130. The topological polar surface area (TPSA) is 309 Å². The number of amides is 3. The highest BCUT2D eigenvalue weighted by Gasteiger charge is 2.19. The SMILES string of the molecule is CNC(=O)[C@H](CCCCNC(=O)COCCOCCOCCOCCOCCOCCOCCOCCOCCOCCOCCOC)NC(=O)COCCOCCOCCOCCOCCOCCOCCOCCOCCOCCOCCOC. The second-order valence-electron chi connectivity index (χ2n) is 17.9. The van der Waals surface area contributed by atoms with Crippen molar-refractivity contribution in [3.63, 3.8) is 0 Å². The third kappa shape index (κ3) is 72.4. The molecule has 518 valence electrons. The van der Waals surface area contributed by atoms with Gasteiger partial charge in [-0.3, -0.25) is 14.4 Å². The van der Waals surface area contributed by atoms with Crippen LogP contribution in [0, 0.1) is 0 Å². The highest BCUT2D eigenvalue weighted by atomic mass is 16.6. The molecule has 0 fully saturated rings. The summed E-state index contributed by atoms with van der Waals surface area (Å²) in [5.41, 5.74) is 0. The number of likely N-dealkylation sites (N-methyl/N-ethyl adjacent to an activating group) is 1. The van der Waals surface area contributed by atoms with E-state index in [1.54, 1.807) is 14.2 Å². The molecular weight excluding hydrogens is 1160 g/mol. The van der Waals surface area contributed by atoms with Crippen molar-refractivity contribution in [1.82, 2.24) is 16.0 Å². The molecule has 87 heavy (non-hydrogen) atoms. The van der Waals surface area contributed by atoms with Gasteiger partial charge >= 0.3 is 0 Å². The summed E-state index contributed by atoms with van der Waals surface area (Å²) >= 11 is 0. The zero-order valence-corrected chi connectivity index (χ0v) is 53.0. The van der Waals surface area contributed by atoms with Gasteiger partial charge in [-0.1, -0.05) is 0 Å². The molecule has 30 nitrogen and oxygen atoms in total. The van der Waals surface area contributed by atoms with Crippen molar-refractivity contribution in [3.05, 3.63) is 0 Å². The highest BCUT2D eigenvalue weighted by Crippen LogP contribution is 2.02. The lowest BCUT2D eigenvalue weighted by Crippen LogP contribution is -2.47. The Morgan fingerprint density at radius 1 is 0.264 bits per heavy atom. The van der Waals surface area contributed by atoms with Crippen LogP contribution in [0.3, 0.4) is 0 Å². The van der Waals surface area contributed by atoms with Crippen LogP contribution in [0.4, 0.5) is 0 Å². The van der Waals surface area contributed by atoms with Crippen LogP contribution in [-0.4, -0.2) is 355 Å². The zero-order chi connectivity index (χ0) is 62.8. The van der Waals surface area contributed by atoms with Crippen molar-refractivity contribution < 1.29 is 128 Å². The Morgan fingerprint density at radius 2 is 0.460 bits per heavy atom. The van der Waals surface area contributed by atoms with Gasteiger partial charge in [0.1, 0.15) is 19.3 Å². The van der Waals surface area contributed by atoms with E-state index in [1.165, 1.54) is 7.05 Å². The van der Waals surface area contributed by atoms with Crippen molar-refractivity contribution >= 4 is 17.7 Å². The highest BCUT2D eigenvalue weighted by molar-refractivity contribution is 5.87. The van der Waals surface area contributed by atoms with Gasteiger partial charge in [0.25, 0.3) is 0 Å². The van der Waals surface area contributed by atoms with Gasteiger partial charge in [-0.2, -0.15) is 0 Å². The van der Waals surface area contributed by atoms with Gasteiger partial charge < -0.3 is 130 Å². The normalized spacial score (nSPS) is 11.9. The van der Waals surface area contributed by atoms with Crippen LogP contribution in [0.5, 0.6) is 0 Å². The molecule has 1 atom stereocenters. The van der Waals surface area contributed by atoms with Crippen LogP contribution >= 0.6 is 0 Å². The number of hydrogen-bond donors (Lipinski definition) is 3. The Labute approximate surface area is 517 Å². The molecule has 0 aliphatic rings. The van der Waals surface area contributed by atoms with E-state index in [0.29, 0.717) is 297 Å². The van der Waals surface area contributed by atoms with Crippen LogP contribution in [-0.2, 0) is 128 Å². The molecule has 0 heterocycles. The molecule has 0 spiro atoms. The first-order valence-corrected chi connectivity index (χ1v) is 30.5. The number of methoxy groups -OCH3 is 2. The van der Waals surface area contributed by atoms with E-state index in [4.69, 9.17) is 114 Å². The van der Waals surface area contributed by atoms with Gasteiger partial charge in [0, 0.05) is 27.8 Å². The number of carbonyl (C=O) groups is 3. The van der Waals surface area contributed by atoms with Crippen LogP contribution in [0.25, 0.3) is 0 Å². The van der Waals surface area contributed by atoms with Crippen molar-refractivity contribution in [2.45, 2.75) is 25.3 Å². The van der Waals surface area contributed by atoms with Gasteiger partial charge in [0.2, 0.25) is 17.7 Å². The first-order valence-electron chi connectivity index (χ1n) is 30.5. The second-order valence-corrected chi connectivity index (χ2v) is 17.9. The van der Waals surface area contributed by atoms with Crippen LogP contribution in [0.2, 0.25) is 0 Å². The van der Waals surface area contributed by atoms with Crippen molar-refractivity contribution in [2.75, 3.05) is 332 Å². The summed E-state index contributed by atoms with van der Waals surface area (Å²) in [7, 11) is 4.78. The molecule has 0 aromatic rings. The Morgan fingerprint density at radius 3 is 0.667 bits per heavy atom. The fraction of sp³-hybridized carbons (Fsp3) is 0.947. The molecule has 0 rings (SSSR count). The summed E-state index contributed by atoms with van der Waals surface area (Å²) in [4.78, 5) is 37.0. The van der Waals surface area contributed by atoms with Crippen LogP contribution < -0.4 is 16.0 Å². The van der Waals surface area contributed by atoms with Crippen molar-refractivity contribution in [3.8, 4) is 0 Å². The number of unbranched alkanes of at least 4 members (excludes halogenated alkanes) is 1. The Balaban J connectivity index is 3.44. The molecular formula is C57H113N3O27. The Bertz CT molecular complexity index is 1380. The number of nitrogens with one attached hydrogen (secondary N) is 3. The fourth-order valence-electron chi connectivity index (χ4n) is 6.44. The molecule has 0 saturated heterocycles. The average molecular weight is 1270 g/mol. The third-order valence-corrected chi connectivity index (χ3v) is 10.9. The van der Waals surface area contributed by atoms with Crippen molar-refractivity contribution in [2.24, 2.45) is 0 Å². The van der Waals surface area contributed by atoms with E-state index >= 15 is 0 Å². The molecule has 3 N–H and O–H groups in total. The van der Waals surface area contributed by atoms with E-state index in [-0.39, 0.29) is 44.8 Å². The largest absolute Gasteiger partial charge is 0.382 e. The van der Waals surface area contributed by atoms with E-state index in [2.05, 4.69) is 16.0 Å². The van der Waals surface area contributed by atoms with Gasteiger partial charge in [-0.05, 0) is 19.3 Å². The molecule has 0 aliphatic heterocycles. The minimum Gasteiger partial charge on any atom is -0.382 e. The second kappa shape index (κ2) is 75.9. The van der Waals surface area contributed by atoms with Gasteiger partial charge in [-0.25, -0.2) is 0 Å². The third-order valence-electron chi connectivity index (χ3n) is 10.9. The lowest BCUT2D eigenvalue weighted by atomic mass is 10.1. The summed E-state index contributed by atoms with van der Waals surface area (Å²) in [5.74, 6) is -1.00. The monoisotopic (exact) mass is 1270 g/mol. The number of rotatable bonds is 77. The van der Waals surface area contributed by atoms with Gasteiger partial charge in [0.05, 0.1) is 291 Å². The minimum absolute atomic E-state index is 0.104. The molecule has 0 aromatic heterocycles. The maximum absolute atomic E-state index is 12.5.